The minimum atomic E-state index is -0.850. The summed E-state index contributed by atoms with van der Waals surface area (Å²) in [5.41, 5.74) is 7.26. The van der Waals surface area contributed by atoms with Gasteiger partial charge in [-0.05, 0) is 24.8 Å². The van der Waals surface area contributed by atoms with Crippen LogP contribution in [0.2, 0.25) is 0 Å². The van der Waals surface area contributed by atoms with Gasteiger partial charge in [-0.1, -0.05) is 30.3 Å². The molecule has 2 atom stereocenters. The molecule has 132 valence electrons. The topological polar surface area (TPSA) is 93.7 Å². The van der Waals surface area contributed by atoms with Crippen LogP contribution < -0.4 is 16.2 Å². The highest BCUT2D eigenvalue weighted by Gasteiger charge is 2.21. The fourth-order valence-electron chi connectivity index (χ4n) is 2.79. The minimum Gasteiger partial charge on any atom is -0.481 e. The zero-order chi connectivity index (χ0) is 17.4. The summed E-state index contributed by atoms with van der Waals surface area (Å²) >= 11 is 0. The summed E-state index contributed by atoms with van der Waals surface area (Å²) in [6.07, 6.45) is 2.05. The van der Waals surface area contributed by atoms with E-state index < -0.39 is 5.97 Å². The smallest absolute Gasteiger partial charge is 0.317 e. The minimum absolute atomic E-state index is 0.0373. The van der Waals surface area contributed by atoms with E-state index >= 15 is 0 Å². The Labute approximate surface area is 142 Å². The van der Waals surface area contributed by atoms with Crippen molar-refractivity contribution >= 4 is 12.0 Å². The number of urea groups is 1. The number of carbonyl (C=O) groups excluding carboxylic acids is 1. The molecule has 0 radical (unpaired) electrons. The van der Waals surface area contributed by atoms with Gasteiger partial charge in [0.15, 0.2) is 0 Å². The summed E-state index contributed by atoms with van der Waals surface area (Å²) in [7, 11) is 1.76. The maximum absolute atomic E-state index is 12.4. The third-order valence-electron chi connectivity index (χ3n) is 4.12. The van der Waals surface area contributed by atoms with Gasteiger partial charge in [0.1, 0.15) is 0 Å². The Kier molecular flexibility index (Phi) is 7.02. The maximum Gasteiger partial charge on any atom is 0.317 e. The SMILES string of the molecule is CN(CC1CCNN1)C(=O)NC(CCC(=O)O)Cc1ccccc1. The lowest BCUT2D eigenvalue weighted by Gasteiger charge is -2.25. The van der Waals surface area contributed by atoms with Gasteiger partial charge in [0.2, 0.25) is 0 Å². The number of hydrogen-bond acceptors (Lipinski definition) is 4. The van der Waals surface area contributed by atoms with Crippen molar-refractivity contribution in [2.45, 2.75) is 37.8 Å². The molecule has 24 heavy (non-hydrogen) atoms. The van der Waals surface area contributed by atoms with Gasteiger partial charge in [-0.3, -0.25) is 15.6 Å². The van der Waals surface area contributed by atoms with Crippen LogP contribution in [-0.2, 0) is 11.2 Å². The Morgan fingerprint density at radius 3 is 2.75 bits per heavy atom. The Bertz CT molecular complexity index is 532. The van der Waals surface area contributed by atoms with Crippen molar-refractivity contribution in [3.8, 4) is 0 Å². The number of nitrogens with zero attached hydrogens (tertiary/aromatic N) is 1. The molecule has 1 aromatic rings. The predicted molar refractivity (Wildman–Crippen MR) is 91.5 cm³/mol. The molecule has 2 rings (SSSR count). The first-order chi connectivity index (χ1) is 11.5. The second-order valence-electron chi connectivity index (χ2n) is 6.21. The normalized spacial score (nSPS) is 18.1. The number of aliphatic carboxylic acids is 1. The van der Waals surface area contributed by atoms with Gasteiger partial charge in [0, 0.05) is 38.6 Å². The Hall–Kier alpha value is -2.12. The highest BCUT2D eigenvalue weighted by molar-refractivity contribution is 5.74. The van der Waals surface area contributed by atoms with Gasteiger partial charge in [-0.25, -0.2) is 4.79 Å². The van der Waals surface area contributed by atoms with Crippen LogP contribution in [0.1, 0.15) is 24.8 Å². The molecule has 1 fully saturated rings. The number of amides is 2. The molecule has 0 bridgehead atoms. The summed E-state index contributed by atoms with van der Waals surface area (Å²) in [5, 5.41) is 11.9. The van der Waals surface area contributed by atoms with Crippen LogP contribution in [0.4, 0.5) is 4.79 Å². The Balaban J connectivity index is 1.89. The summed E-state index contributed by atoms with van der Waals surface area (Å²) in [4.78, 5) is 24.9. The number of carboxylic acid groups (broad SMARTS) is 1. The quantitative estimate of drug-likeness (QED) is 0.568. The average molecular weight is 334 g/mol. The van der Waals surface area contributed by atoms with E-state index in [0.717, 1.165) is 18.5 Å². The third kappa shape index (κ3) is 6.17. The van der Waals surface area contributed by atoms with Gasteiger partial charge in [-0.15, -0.1) is 0 Å². The van der Waals surface area contributed by atoms with Crippen LogP contribution >= 0.6 is 0 Å². The van der Waals surface area contributed by atoms with Crippen molar-refractivity contribution in [1.29, 1.82) is 0 Å². The van der Waals surface area contributed by atoms with Crippen molar-refractivity contribution in [3.05, 3.63) is 35.9 Å². The van der Waals surface area contributed by atoms with Crippen molar-refractivity contribution < 1.29 is 14.7 Å². The van der Waals surface area contributed by atoms with E-state index in [-0.39, 0.29) is 24.5 Å². The van der Waals surface area contributed by atoms with Crippen LogP contribution in [0.15, 0.2) is 30.3 Å². The van der Waals surface area contributed by atoms with Crippen LogP contribution in [0.3, 0.4) is 0 Å². The van der Waals surface area contributed by atoms with E-state index in [1.807, 2.05) is 30.3 Å². The van der Waals surface area contributed by atoms with E-state index in [1.54, 1.807) is 11.9 Å². The molecule has 1 aliphatic heterocycles. The lowest BCUT2D eigenvalue weighted by atomic mass is 10.0. The lowest BCUT2D eigenvalue weighted by molar-refractivity contribution is -0.137. The van der Waals surface area contributed by atoms with Crippen molar-refractivity contribution in [3.63, 3.8) is 0 Å². The number of hydrazine groups is 1. The highest BCUT2D eigenvalue weighted by Crippen LogP contribution is 2.09. The van der Waals surface area contributed by atoms with Crippen molar-refractivity contribution in [1.82, 2.24) is 21.1 Å². The predicted octanol–water partition coefficient (Wildman–Crippen LogP) is 0.970. The number of nitrogens with one attached hydrogen (secondary N) is 3. The molecule has 0 saturated carbocycles. The van der Waals surface area contributed by atoms with Gasteiger partial charge < -0.3 is 15.3 Å². The molecule has 1 aromatic carbocycles. The molecule has 4 N–H and O–H groups in total. The fraction of sp³-hybridized carbons (Fsp3) is 0.529. The zero-order valence-corrected chi connectivity index (χ0v) is 14.0. The molecule has 0 spiro atoms. The van der Waals surface area contributed by atoms with Crippen LogP contribution in [0.5, 0.6) is 0 Å². The second-order valence-corrected chi connectivity index (χ2v) is 6.21. The molecular weight excluding hydrogens is 308 g/mol. The number of hydrogen-bond donors (Lipinski definition) is 4. The molecule has 7 heteroatoms. The summed E-state index contributed by atoms with van der Waals surface area (Å²) < 4.78 is 0. The van der Waals surface area contributed by atoms with E-state index in [2.05, 4.69) is 16.2 Å². The summed E-state index contributed by atoms with van der Waals surface area (Å²) in [6, 6.07) is 9.66. The van der Waals surface area contributed by atoms with Crippen LogP contribution in [0.25, 0.3) is 0 Å². The maximum atomic E-state index is 12.4. The number of carbonyl (C=O) groups is 2. The van der Waals surface area contributed by atoms with Crippen molar-refractivity contribution in [2.24, 2.45) is 0 Å². The van der Waals surface area contributed by atoms with E-state index in [4.69, 9.17) is 5.11 Å². The standard InChI is InChI=1S/C17H26N4O3/c1-21(12-15-9-10-18-20-15)17(24)19-14(7-8-16(22)23)11-13-5-3-2-4-6-13/h2-6,14-15,18,20H,7-12H2,1H3,(H,19,24)(H,22,23). The Morgan fingerprint density at radius 1 is 1.38 bits per heavy atom. The first-order valence-corrected chi connectivity index (χ1v) is 8.30. The molecule has 0 aliphatic carbocycles. The number of rotatable bonds is 8. The molecule has 1 aliphatic rings. The third-order valence-corrected chi connectivity index (χ3v) is 4.12. The van der Waals surface area contributed by atoms with E-state index in [9.17, 15) is 9.59 Å². The number of likely N-dealkylation sites (N-methyl/N-ethyl adjacent to an activating group) is 1. The van der Waals surface area contributed by atoms with Crippen LogP contribution in [0, 0.1) is 0 Å². The summed E-state index contributed by atoms with van der Waals surface area (Å²) in [5.74, 6) is -0.850. The van der Waals surface area contributed by atoms with Gasteiger partial charge in [0.25, 0.3) is 0 Å². The lowest BCUT2D eigenvalue weighted by Crippen LogP contribution is -2.48. The molecular formula is C17H26N4O3. The monoisotopic (exact) mass is 334 g/mol. The molecule has 2 amide bonds. The molecule has 1 heterocycles. The highest BCUT2D eigenvalue weighted by atomic mass is 16.4. The van der Waals surface area contributed by atoms with Gasteiger partial charge in [0.05, 0.1) is 0 Å². The van der Waals surface area contributed by atoms with Crippen LogP contribution in [-0.4, -0.2) is 54.2 Å². The molecule has 1 saturated heterocycles. The fourth-order valence-corrected chi connectivity index (χ4v) is 2.79. The second kappa shape index (κ2) is 9.24. The largest absolute Gasteiger partial charge is 0.481 e. The van der Waals surface area contributed by atoms with E-state index in [1.165, 1.54) is 0 Å². The molecule has 7 nitrogen and oxygen atoms in total. The Morgan fingerprint density at radius 2 is 2.12 bits per heavy atom. The first kappa shape index (κ1) is 18.2. The van der Waals surface area contributed by atoms with Gasteiger partial charge in [-0.2, -0.15) is 0 Å². The summed E-state index contributed by atoms with van der Waals surface area (Å²) in [6.45, 7) is 1.51. The van der Waals surface area contributed by atoms with Gasteiger partial charge >= 0.3 is 12.0 Å². The average Bonchev–Trinajstić information content (AvgIpc) is 3.06. The zero-order valence-electron chi connectivity index (χ0n) is 14.0. The van der Waals surface area contributed by atoms with E-state index in [0.29, 0.717) is 19.4 Å². The van der Waals surface area contributed by atoms with Crippen molar-refractivity contribution in [2.75, 3.05) is 20.1 Å². The number of benzene rings is 1. The molecule has 2 unspecified atom stereocenters. The molecule has 0 aromatic heterocycles. The first-order valence-electron chi connectivity index (χ1n) is 8.30. The number of carboxylic acids is 1.